The van der Waals surface area contributed by atoms with Gasteiger partial charge in [-0.25, -0.2) is 0 Å². The zero-order valence-corrected chi connectivity index (χ0v) is 13.4. The number of ether oxygens (including phenoxy) is 1. The smallest absolute Gasteiger partial charge is 0.302 e. The molecule has 0 saturated carbocycles. The summed E-state index contributed by atoms with van der Waals surface area (Å²) in [5, 5.41) is 31.1. The Morgan fingerprint density at radius 1 is 1.38 bits per heavy atom. The van der Waals surface area contributed by atoms with Crippen molar-refractivity contribution in [3.8, 4) is 0 Å². The van der Waals surface area contributed by atoms with E-state index in [0.717, 1.165) is 0 Å². The van der Waals surface area contributed by atoms with Crippen molar-refractivity contribution in [1.82, 2.24) is 0 Å². The largest absolute Gasteiger partial charge is 0.463 e. The first kappa shape index (κ1) is 18.1. The fraction of sp³-hybridized carbons (Fsp3) is 0.812. The van der Waals surface area contributed by atoms with Gasteiger partial charge in [-0.15, -0.1) is 0 Å². The molecular formula is C16H28O5. The molecular weight excluding hydrogens is 272 g/mol. The standard InChI is InChI=1S/C16H28O5/c1-12(21-13(2)17)6-5-7-15(4,19)16(20)10-8-14(3,18)9-11-16/h8,10,12,18-20H,5-7,9,11H2,1-4H3. The molecule has 21 heavy (non-hydrogen) atoms. The number of hydrogen-bond acceptors (Lipinski definition) is 5. The lowest BCUT2D eigenvalue weighted by atomic mass is 9.72. The fourth-order valence-corrected chi connectivity index (χ4v) is 2.67. The van der Waals surface area contributed by atoms with E-state index in [2.05, 4.69) is 0 Å². The average molecular weight is 300 g/mol. The summed E-state index contributed by atoms with van der Waals surface area (Å²) in [4.78, 5) is 10.8. The highest BCUT2D eigenvalue weighted by Gasteiger charge is 2.46. The van der Waals surface area contributed by atoms with Gasteiger partial charge in [0.15, 0.2) is 0 Å². The summed E-state index contributed by atoms with van der Waals surface area (Å²) in [5.41, 5.74) is -3.54. The van der Waals surface area contributed by atoms with Crippen molar-refractivity contribution in [1.29, 1.82) is 0 Å². The van der Waals surface area contributed by atoms with Crippen LogP contribution in [0.1, 0.15) is 59.8 Å². The first-order valence-electron chi connectivity index (χ1n) is 7.52. The number of carbonyl (C=O) groups is 1. The number of hydrogen-bond donors (Lipinski definition) is 3. The summed E-state index contributed by atoms with van der Waals surface area (Å²) >= 11 is 0. The van der Waals surface area contributed by atoms with Gasteiger partial charge in [-0.2, -0.15) is 0 Å². The molecule has 0 amide bonds. The summed E-state index contributed by atoms with van der Waals surface area (Å²) in [6, 6.07) is 0. The van der Waals surface area contributed by atoms with Crippen molar-refractivity contribution in [2.75, 3.05) is 0 Å². The Morgan fingerprint density at radius 3 is 2.48 bits per heavy atom. The van der Waals surface area contributed by atoms with Crippen LogP contribution >= 0.6 is 0 Å². The third-order valence-electron chi connectivity index (χ3n) is 4.30. The van der Waals surface area contributed by atoms with Crippen LogP contribution in [0, 0.1) is 0 Å². The third kappa shape index (κ3) is 5.09. The minimum absolute atomic E-state index is 0.199. The van der Waals surface area contributed by atoms with E-state index in [0.29, 0.717) is 32.1 Å². The Hall–Kier alpha value is -0.910. The van der Waals surface area contributed by atoms with E-state index >= 15 is 0 Å². The molecule has 0 bridgehead atoms. The van der Waals surface area contributed by atoms with Crippen LogP contribution in [0.5, 0.6) is 0 Å². The molecule has 0 aromatic carbocycles. The molecule has 4 atom stereocenters. The molecule has 3 N–H and O–H groups in total. The predicted octanol–water partition coefficient (Wildman–Crippen LogP) is 1.69. The minimum atomic E-state index is -1.33. The topological polar surface area (TPSA) is 87.0 Å². The van der Waals surface area contributed by atoms with E-state index in [-0.39, 0.29) is 12.1 Å². The van der Waals surface area contributed by atoms with Gasteiger partial charge in [-0.05, 0) is 52.9 Å². The second-order valence-corrected chi connectivity index (χ2v) is 6.70. The van der Waals surface area contributed by atoms with Gasteiger partial charge in [0.2, 0.25) is 0 Å². The normalized spacial score (nSPS) is 33.3. The Bertz CT molecular complexity index is 399. The van der Waals surface area contributed by atoms with Crippen LogP contribution < -0.4 is 0 Å². The van der Waals surface area contributed by atoms with E-state index in [9.17, 15) is 20.1 Å². The van der Waals surface area contributed by atoms with Crippen LogP contribution in [0.2, 0.25) is 0 Å². The number of aliphatic hydroxyl groups is 3. The summed E-state index contributed by atoms with van der Waals surface area (Å²) in [5.74, 6) is -0.315. The van der Waals surface area contributed by atoms with Gasteiger partial charge in [0.1, 0.15) is 5.60 Å². The molecule has 0 saturated heterocycles. The molecule has 5 heteroatoms. The van der Waals surface area contributed by atoms with Crippen molar-refractivity contribution < 1.29 is 24.9 Å². The maximum atomic E-state index is 10.8. The highest BCUT2D eigenvalue weighted by Crippen LogP contribution is 2.38. The van der Waals surface area contributed by atoms with Crippen molar-refractivity contribution in [3.63, 3.8) is 0 Å². The third-order valence-corrected chi connectivity index (χ3v) is 4.30. The Kier molecular flexibility index (Phi) is 5.58. The summed E-state index contributed by atoms with van der Waals surface area (Å²) < 4.78 is 5.03. The monoisotopic (exact) mass is 300 g/mol. The maximum absolute atomic E-state index is 10.8. The Labute approximate surface area is 126 Å². The second kappa shape index (κ2) is 6.46. The highest BCUT2D eigenvalue weighted by atomic mass is 16.5. The van der Waals surface area contributed by atoms with E-state index < -0.39 is 16.8 Å². The molecule has 0 radical (unpaired) electrons. The molecule has 5 nitrogen and oxygen atoms in total. The first-order chi connectivity index (χ1) is 9.47. The molecule has 122 valence electrons. The van der Waals surface area contributed by atoms with Crippen molar-refractivity contribution in [2.24, 2.45) is 0 Å². The molecule has 1 aliphatic rings. The van der Waals surface area contributed by atoms with Gasteiger partial charge in [0.25, 0.3) is 0 Å². The molecule has 1 rings (SSSR count). The van der Waals surface area contributed by atoms with Crippen LogP contribution in [0.25, 0.3) is 0 Å². The van der Waals surface area contributed by atoms with Crippen LogP contribution in [-0.4, -0.2) is 44.2 Å². The van der Waals surface area contributed by atoms with Gasteiger partial charge >= 0.3 is 5.97 Å². The molecule has 0 spiro atoms. The predicted molar refractivity (Wildman–Crippen MR) is 79.7 cm³/mol. The lowest BCUT2D eigenvalue weighted by Gasteiger charge is -2.43. The van der Waals surface area contributed by atoms with Crippen molar-refractivity contribution >= 4 is 5.97 Å². The van der Waals surface area contributed by atoms with Gasteiger partial charge in [0.05, 0.1) is 17.3 Å². The fourth-order valence-electron chi connectivity index (χ4n) is 2.67. The zero-order chi connectivity index (χ0) is 16.3. The van der Waals surface area contributed by atoms with E-state index in [4.69, 9.17) is 4.74 Å². The maximum Gasteiger partial charge on any atom is 0.302 e. The van der Waals surface area contributed by atoms with E-state index in [1.54, 1.807) is 19.9 Å². The van der Waals surface area contributed by atoms with Gasteiger partial charge < -0.3 is 20.1 Å². The molecule has 1 aliphatic carbocycles. The second-order valence-electron chi connectivity index (χ2n) is 6.70. The van der Waals surface area contributed by atoms with Crippen molar-refractivity contribution in [3.05, 3.63) is 12.2 Å². The number of esters is 1. The Balaban J connectivity index is 2.55. The molecule has 0 heterocycles. The Morgan fingerprint density at radius 2 is 2.00 bits per heavy atom. The van der Waals surface area contributed by atoms with Crippen LogP contribution in [0.4, 0.5) is 0 Å². The van der Waals surface area contributed by atoms with Crippen LogP contribution in [0.3, 0.4) is 0 Å². The van der Waals surface area contributed by atoms with Crippen LogP contribution in [0.15, 0.2) is 12.2 Å². The van der Waals surface area contributed by atoms with Gasteiger partial charge in [-0.1, -0.05) is 12.2 Å². The molecule has 0 aliphatic heterocycles. The average Bonchev–Trinajstić information content (AvgIpc) is 2.32. The first-order valence-corrected chi connectivity index (χ1v) is 7.52. The lowest BCUT2D eigenvalue weighted by Crippen LogP contribution is -2.53. The van der Waals surface area contributed by atoms with E-state index in [1.807, 2.05) is 6.92 Å². The molecule has 0 aromatic heterocycles. The van der Waals surface area contributed by atoms with Crippen LogP contribution in [-0.2, 0) is 9.53 Å². The molecule has 4 unspecified atom stereocenters. The quantitative estimate of drug-likeness (QED) is 0.513. The van der Waals surface area contributed by atoms with Gasteiger partial charge in [-0.3, -0.25) is 4.79 Å². The van der Waals surface area contributed by atoms with Crippen molar-refractivity contribution in [2.45, 2.75) is 82.7 Å². The lowest BCUT2D eigenvalue weighted by molar-refractivity contribution is -0.146. The highest BCUT2D eigenvalue weighted by molar-refractivity contribution is 5.66. The minimum Gasteiger partial charge on any atom is -0.463 e. The number of rotatable bonds is 6. The van der Waals surface area contributed by atoms with E-state index in [1.165, 1.54) is 13.0 Å². The summed E-state index contributed by atoms with van der Waals surface area (Å²) in [6.07, 6.45) is 5.22. The number of carbonyl (C=O) groups excluding carboxylic acids is 1. The summed E-state index contributed by atoms with van der Waals surface area (Å²) in [7, 11) is 0. The van der Waals surface area contributed by atoms with Gasteiger partial charge in [0, 0.05) is 6.92 Å². The summed E-state index contributed by atoms with van der Waals surface area (Å²) in [6.45, 7) is 6.46. The molecule has 0 aromatic rings. The SMILES string of the molecule is CC(=O)OC(C)CCCC(C)(O)C1(O)C=CC(C)(O)CC1. The zero-order valence-electron chi connectivity index (χ0n) is 13.4. The molecule has 0 fully saturated rings.